The molecule has 2 aromatic carbocycles. The molecule has 2 aromatic heterocycles. The minimum absolute atomic E-state index is 0.0111. The molecule has 0 saturated carbocycles. The Hall–Kier alpha value is -7.06. The molecule has 20 heteroatoms. The van der Waals surface area contributed by atoms with E-state index in [0.29, 0.717) is 16.8 Å². The van der Waals surface area contributed by atoms with Gasteiger partial charge in [0.05, 0.1) is 18.9 Å². The van der Waals surface area contributed by atoms with Crippen molar-refractivity contribution in [2.45, 2.75) is 90.6 Å². The number of rotatable bonds is 23. The van der Waals surface area contributed by atoms with Crippen LogP contribution in [0.15, 0.2) is 85.3 Å². The fourth-order valence-corrected chi connectivity index (χ4v) is 7.38. The minimum Gasteiger partial charge on any atom is -0.387 e. The Labute approximate surface area is 387 Å². The number of amides is 7. The molecule has 5 atom stereocenters. The second-order valence-electron chi connectivity index (χ2n) is 17.1. The smallest absolute Gasteiger partial charge is 0.248 e. The summed E-state index contributed by atoms with van der Waals surface area (Å²) in [5.74, 6) is -6.92. The summed E-state index contributed by atoms with van der Waals surface area (Å²) in [5, 5.41) is 22.9. The number of aliphatic hydroxyl groups is 1. The summed E-state index contributed by atoms with van der Waals surface area (Å²) in [6.45, 7) is 7.29. The van der Waals surface area contributed by atoms with E-state index in [2.05, 4.69) is 31.6 Å². The van der Waals surface area contributed by atoms with Crippen LogP contribution in [-0.4, -0.2) is 111 Å². The number of pyridine rings is 1. The van der Waals surface area contributed by atoms with E-state index in [1.165, 1.54) is 31.1 Å². The number of nitrogens with zero attached hydrogens (tertiary/aromatic N) is 3. The molecule has 2 heterocycles. The Morgan fingerprint density at radius 3 is 2.07 bits per heavy atom. The van der Waals surface area contributed by atoms with Gasteiger partial charge in [-0.15, -0.1) is 0 Å². The van der Waals surface area contributed by atoms with E-state index in [-0.39, 0.29) is 44.6 Å². The molecule has 0 fully saturated rings. The summed E-state index contributed by atoms with van der Waals surface area (Å²) in [7, 11) is 0. The van der Waals surface area contributed by atoms with E-state index >= 15 is 4.39 Å². The van der Waals surface area contributed by atoms with E-state index < -0.39 is 102 Å². The van der Waals surface area contributed by atoms with Crippen LogP contribution in [0.1, 0.15) is 70.3 Å². The molecule has 4 aromatic rings. The number of hydrogen-bond donors (Lipinski definition) is 8. The highest BCUT2D eigenvalue weighted by Gasteiger charge is 2.38. The molecule has 0 radical (unpaired) electrons. The van der Waals surface area contributed by atoms with Crippen molar-refractivity contribution in [3.63, 3.8) is 0 Å². The third-order valence-corrected chi connectivity index (χ3v) is 10.6. The second-order valence-corrected chi connectivity index (χ2v) is 17.1. The van der Waals surface area contributed by atoms with Crippen LogP contribution in [0.2, 0.25) is 0 Å². The highest BCUT2D eigenvalue weighted by molar-refractivity contribution is 5.97. The van der Waals surface area contributed by atoms with Gasteiger partial charge in [0.15, 0.2) is 0 Å². The van der Waals surface area contributed by atoms with Crippen LogP contribution < -0.4 is 38.1 Å². The van der Waals surface area contributed by atoms with Crippen molar-refractivity contribution in [2.75, 3.05) is 26.2 Å². The molecule has 0 aliphatic heterocycles. The Kier molecular flexibility index (Phi) is 19.2. The Balaban J connectivity index is 1.60. The summed E-state index contributed by atoms with van der Waals surface area (Å²) in [6.07, 6.45) is 3.67. The predicted molar refractivity (Wildman–Crippen MR) is 244 cm³/mol. The van der Waals surface area contributed by atoms with Gasteiger partial charge in [-0.2, -0.15) is 0 Å². The van der Waals surface area contributed by atoms with Gasteiger partial charge in [-0.3, -0.25) is 38.5 Å². The van der Waals surface area contributed by atoms with E-state index in [0.717, 1.165) is 23.8 Å². The third kappa shape index (κ3) is 15.5. The molecule has 7 amide bonds. The number of benzene rings is 2. The van der Waals surface area contributed by atoms with Crippen LogP contribution in [-0.2, 0) is 46.5 Å². The fraction of sp³-hybridized carbons (Fsp3) is 0.404. The molecule has 10 N–H and O–H groups in total. The lowest BCUT2D eigenvalue weighted by Gasteiger charge is -2.41. The molecule has 0 bridgehead atoms. The average Bonchev–Trinajstić information content (AvgIpc) is 3.68. The number of aliphatic hydroxyl groups excluding tert-OH is 1. The minimum atomic E-state index is -1.65. The molecule has 4 rings (SSSR count). The molecule has 67 heavy (non-hydrogen) atoms. The number of halogens is 2. The first-order chi connectivity index (χ1) is 31.7. The standard InChI is InChI=1S/C47H60F2N10O8/c1-28(54-40(62)21-30-13-17-52-18-14-30)43(64)55-29(2)44(65)57-37(24-39(51)61)46(67)56-36(45(66)53-19-16-50)15-20-59(41(63)27-60)42(47(3,4)5)38-22-32(34-23-33(48)11-12-35(34)49)26-58(38)25-31-9-7-6-8-10-31/h6-14,17-18,22-23,26,28-29,36-37,42,60H,15-16,19-21,24-25,27,50H2,1-5H3,(H2,51,61)(H,53,66)(H,54,62)(H,55,64)(H,56,67)(H,57,65)/t28-,29-,36-,37-,42-/m0/s1. The zero-order valence-corrected chi connectivity index (χ0v) is 38.2. The van der Waals surface area contributed by atoms with E-state index in [4.69, 9.17) is 11.5 Å². The highest BCUT2D eigenvalue weighted by atomic mass is 19.1. The Morgan fingerprint density at radius 2 is 1.45 bits per heavy atom. The van der Waals surface area contributed by atoms with Gasteiger partial charge >= 0.3 is 0 Å². The maximum atomic E-state index is 15.3. The molecule has 360 valence electrons. The summed E-state index contributed by atoms with van der Waals surface area (Å²) in [4.78, 5) is 97.7. The summed E-state index contributed by atoms with van der Waals surface area (Å²) >= 11 is 0. The first-order valence-corrected chi connectivity index (χ1v) is 21.7. The average molecular weight is 931 g/mol. The van der Waals surface area contributed by atoms with Gasteiger partial charge in [-0.1, -0.05) is 51.1 Å². The van der Waals surface area contributed by atoms with Crippen molar-refractivity contribution < 1.29 is 47.4 Å². The molecule has 0 saturated heterocycles. The number of carbonyl (C=O) groups is 7. The van der Waals surface area contributed by atoms with Gasteiger partial charge in [0.1, 0.15) is 42.4 Å². The first kappa shape index (κ1) is 52.6. The Morgan fingerprint density at radius 1 is 0.806 bits per heavy atom. The van der Waals surface area contributed by atoms with Gasteiger partial charge in [0.2, 0.25) is 41.4 Å². The van der Waals surface area contributed by atoms with Crippen molar-refractivity contribution in [3.05, 3.63) is 114 Å². The fourth-order valence-electron chi connectivity index (χ4n) is 7.38. The largest absolute Gasteiger partial charge is 0.387 e. The molecule has 0 aliphatic carbocycles. The van der Waals surface area contributed by atoms with Crippen LogP contribution >= 0.6 is 0 Å². The lowest BCUT2D eigenvalue weighted by molar-refractivity contribution is -0.140. The summed E-state index contributed by atoms with van der Waals surface area (Å²) in [6, 6.07) is 11.0. The summed E-state index contributed by atoms with van der Waals surface area (Å²) < 4.78 is 31.6. The molecular formula is C47H60F2N10O8. The van der Waals surface area contributed by atoms with Gasteiger partial charge in [0.25, 0.3) is 0 Å². The molecule has 0 aliphatic rings. The number of hydrogen-bond acceptors (Lipinski definition) is 10. The Bertz CT molecular complexity index is 2360. The summed E-state index contributed by atoms with van der Waals surface area (Å²) in [5.41, 5.74) is 12.6. The maximum absolute atomic E-state index is 15.3. The van der Waals surface area contributed by atoms with E-state index in [9.17, 15) is 43.1 Å². The highest BCUT2D eigenvalue weighted by Crippen LogP contribution is 2.41. The third-order valence-electron chi connectivity index (χ3n) is 10.6. The molecule has 0 unspecified atom stereocenters. The molecular weight excluding hydrogens is 871 g/mol. The molecule has 18 nitrogen and oxygen atoms in total. The van der Waals surface area contributed by atoms with Crippen LogP contribution in [0.5, 0.6) is 0 Å². The van der Waals surface area contributed by atoms with Crippen LogP contribution in [0.3, 0.4) is 0 Å². The van der Waals surface area contributed by atoms with Crippen molar-refractivity contribution in [3.8, 4) is 11.1 Å². The van der Waals surface area contributed by atoms with Gasteiger partial charge in [-0.05, 0) is 73.2 Å². The second kappa shape index (κ2) is 24.5. The van der Waals surface area contributed by atoms with Crippen LogP contribution in [0.25, 0.3) is 11.1 Å². The van der Waals surface area contributed by atoms with Gasteiger partial charge < -0.3 is 52.6 Å². The topological polar surface area (TPSA) is 273 Å². The lowest BCUT2D eigenvalue weighted by atomic mass is 9.82. The predicted octanol–water partition coefficient (Wildman–Crippen LogP) is 1.35. The van der Waals surface area contributed by atoms with Gasteiger partial charge in [0, 0.05) is 61.6 Å². The number of nitrogens with two attached hydrogens (primary N) is 2. The van der Waals surface area contributed by atoms with E-state index in [1.54, 1.807) is 29.0 Å². The van der Waals surface area contributed by atoms with Crippen molar-refractivity contribution in [1.82, 2.24) is 41.0 Å². The van der Waals surface area contributed by atoms with Crippen LogP contribution in [0, 0.1) is 17.0 Å². The maximum Gasteiger partial charge on any atom is 0.248 e. The first-order valence-electron chi connectivity index (χ1n) is 21.7. The van der Waals surface area contributed by atoms with E-state index in [1.807, 2.05) is 51.1 Å². The molecule has 0 spiro atoms. The van der Waals surface area contributed by atoms with Crippen molar-refractivity contribution in [1.29, 1.82) is 0 Å². The number of nitrogens with one attached hydrogen (secondary N) is 5. The number of primary amides is 1. The van der Waals surface area contributed by atoms with Gasteiger partial charge in [-0.25, -0.2) is 8.78 Å². The monoisotopic (exact) mass is 930 g/mol. The zero-order chi connectivity index (χ0) is 49.4. The normalized spacial score (nSPS) is 13.5. The number of carbonyl (C=O) groups excluding carboxylic acids is 7. The van der Waals surface area contributed by atoms with Crippen molar-refractivity contribution in [2.24, 2.45) is 16.9 Å². The lowest BCUT2D eigenvalue weighted by Crippen LogP contribution is -2.58. The SMILES string of the molecule is C[C@H](NC(=O)Cc1ccncc1)C(=O)N[C@@H](C)C(=O)N[C@@H](CC(N)=O)C(=O)N[C@@H](CCN(C(=O)CO)[C@@H](c1cc(-c2cc(F)ccc2F)cn1Cc1ccccc1)C(C)(C)C)C(=O)NCCN. The van der Waals surface area contributed by atoms with Crippen LogP contribution in [0.4, 0.5) is 8.78 Å². The zero-order valence-electron chi connectivity index (χ0n) is 38.2. The van der Waals surface area contributed by atoms with Crippen molar-refractivity contribution >= 4 is 41.4 Å². The number of aromatic nitrogens is 2. The quantitative estimate of drug-likeness (QED) is 0.0529.